The summed E-state index contributed by atoms with van der Waals surface area (Å²) in [6.45, 7) is 1.11. The number of esters is 1. The number of benzene rings is 1. The van der Waals surface area contributed by atoms with E-state index in [1.165, 1.54) is 18.0 Å². The van der Waals surface area contributed by atoms with Crippen LogP contribution in [0.5, 0.6) is 0 Å². The van der Waals surface area contributed by atoms with Gasteiger partial charge in [-0.25, -0.2) is 9.48 Å². The van der Waals surface area contributed by atoms with Gasteiger partial charge >= 0.3 is 5.97 Å². The summed E-state index contributed by atoms with van der Waals surface area (Å²) in [6, 6.07) is 7.47. The van der Waals surface area contributed by atoms with Crippen LogP contribution in [0.4, 0.5) is 0 Å². The quantitative estimate of drug-likeness (QED) is 0.794. The van der Waals surface area contributed by atoms with Gasteiger partial charge in [0.05, 0.1) is 19.0 Å². The molecule has 3 rings (SSSR count). The number of nitrogens with zero attached hydrogens (tertiary/aromatic N) is 3. The first-order valence-corrected chi connectivity index (χ1v) is 6.34. The van der Waals surface area contributed by atoms with E-state index in [9.17, 15) is 4.79 Å². The van der Waals surface area contributed by atoms with Gasteiger partial charge in [0.25, 0.3) is 0 Å². The largest absolute Gasteiger partial charge is 0.494 e. The standard InChI is InChI=1S/C14H13N3O4/c1-19-14(18)12-8-17(16-15-12)11-4-2-10(3-5-11)13-9-20-6-7-21-13/h2-5,8-9H,6-7H2,1H3. The second kappa shape index (κ2) is 5.66. The van der Waals surface area contributed by atoms with Crippen LogP contribution in [0.25, 0.3) is 11.4 Å². The lowest BCUT2D eigenvalue weighted by Gasteiger charge is -2.15. The minimum Gasteiger partial charge on any atom is -0.494 e. The van der Waals surface area contributed by atoms with E-state index in [1.54, 1.807) is 6.26 Å². The summed E-state index contributed by atoms with van der Waals surface area (Å²) in [5, 5.41) is 7.65. The van der Waals surface area contributed by atoms with Crippen molar-refractivity contribution in [1.82, 2.24) is 15.0 Å². The molecule has 1 aliphatic rings. The molecule has 1 aromatic heterocycles. The number of carbonyl (C=O) groups excluding carboxylic acids is 1. The van der Waals surface area contributed by atoms with E-state index in [2.05, 4.69) is 15.0 Å². The Bertz CT molecular complexity index is 676. The predicted octanol–water partition coefficient (Wildman–Crippen LogP) is 1.40. The van der Waals surface area contributed by atoms with Crippen molar-refractivity contribution in [3.8, 4) is 5.69 Å². The van der Waals surface area contributed by atoms with Gasteiger partial charge in [0.15, 0.2) is 11.5 Å². The Hall–Kier alpha value is -2.83. The van der Waals surface area contributed by atoms with Gasteiger partial charge in [-0.1, -0.05) is 5.21 Å². The first kappa shape index (κ1) is 13.2. The van der Waals surface area contributed by atoms with Gasteiger partial charge in [0.2, 0.25) is 0 Å². The third kappa shape index (κ3) is 2.71. The molecule has 0 N–H and O–H groups in total. The molecule has 21 heavy (non-hydrogen) atoms. The lowest BCUT2D eigenvalue weighted by molar-refractivity contribution is 0.0594. The monoisotopic (exact) mass is 287 g/mol. The highest BCUT2D eigenvalue weighted by Crippen LogP contribution is 2.20. The van der Waals surface area contributed by atoms with Crippen molar-refractivity contribution < 1.29 is 19.0 Å². The topological polar surface area (TPSA) is 75.5 Å². The van der Waals surface area contributed by atoms with E-state index in [-0.39, 0.29) is 5.69 Å². The third-order valence-corrected chi connectivity index (χ3v) is 2.95. The molecule has 0 spiro atoms. The molecule has 0 saturated heterocycles. The SMILES string of the molecule is COC(=O)c1cn(-c2ccc(C3=COCCO3)cc2)nn1. The zero-order valence-electron chi connectivity index (χ0n) is 11.4. The summed E-state index contributed by atoms with van der Waals surface area (Å²) < 4.78 is 16.8. The highest BCUT2D eigenvalue weighted by atomic mass is 16.6. The minimum atomic E-state index is -0.518. The number of hydrogen-bond acceptors (Lipinski definition) is 6. The highest BCUT2D eigenvalue weighted by Gasteiger charge is 2.12. The van der Waals surface area contributed by atoms with Gasteiger partial charge in [0.1, 0.15) is 19.5 Å². The van der Waals surface area contributed by atoms with Crippen LogP contribution in [0.15, 0.2) is 36.7 Å². The van der Waals surface area contributed by atoms with Crippen LogP contribution in [-0.2, 0) is 14.2 Å². The maximum Gasteiger partial charge on any atom is 0.360 e. The van der Waals surface area contributed by atoms with E-state index in [1.807, 2.05) is 24.3 Å². The number of ether oxygens (including phenoxy) is 3. The molecule has 0 radical (unpaired) electrons. The van der Waals surface area contributed by atoms with Crippen molar-refractivity contribution in [2.75, 3.05) is 20.3 Å². The van der Waals surface area contributed by atoms with Crippen LogP contribution in [0.3, 0.4) is 0 Å². The summed E-state index contributed by atoms with van der Waals surface area (Å²) in [7, 11) is 1.30. The molecular formula is C14H13N3O4. The smallest absolute Gasteiger partial charge is 0.360 e. The fourth-order valence-corrected chi connectivity index (χ4v) is 1.89. The molecule has 0 unspecified atom stereocenters. The minimum absolute atomic E-state index is 0.160. The molecule has 0 saturated carbocycles. The number of rotatable bonds is 3. The van der Waals surface area contributed by atoms with E-state index >= 15 is 0 Å². The zero-order chi connectivity index (χ0) is 14.7. The normalized spacial score (nSPS) is 13.9. The van der Waals surface area contributed by atoms with Gasteiger partial charge in [0, 0.05) is 5.56 Å². The predicted molar refractivity (Wildman–Crippen MR) is 72.6 cm³/mol. The van der Waals surface area contributed by atoms with Gasteiger partial charge in [-0.2, -0.15) is 0 Å². The molecule has 108 valence electrons. The van der Waals surface area contributed by atoms with E-state index in [4.69, 9.17) is 9.47 Å². The van der Waals surface area contributed by atoms with Crippen molar-refractivity contribution in [2.24, 2.45) is 0 Å². The Morgan fingerprint density at radius 2 is 2.10 bits per heavy atom. The van der Waals surface area contributed by atoms with Crippen molar-refractivity contribution in [1.29, 1.82) is 0 Å². The van der Waals surface area contributed by atoms with Gasteiger partial charge in [-0.05, 0) is 24.3 Å². The fourth-order valence-electron chi connectivity index (χ4n) is 1.89. The highest BCUT2D eigenvalue weighted by molar-refractivity contribution is 5.86. The molecule has 7 heteroatoms. The molecule has 2 heterocycles. The van der Waals surface area contributed by atoms with Crippen molar-refractivity contribution >= 4 is 11.7 Å². The Balaban J connectivity index is 1.82. The van der Waals surface area contributed by atoms with Crippen LogP contribution >= 0.6 is 0 Å². The lowest BCUT2D eigenvalue weighted by atomic mass is 10.2. The maximum atomic E-state index is 11.3. The van der Waals surface area contributed by atoms with Crippen LogP contribution in [-0.4, -0.2) is 41.3 Å². The number of carbonyl (C=O) groups is 1. The summed E-state index contributed by atoms with van der Waals surface area (Å²) in [5.74, 6) is 0.178. The third-order valence-electron chi connectivity index (χ3n) is 2.95. The second-order valence-electron chi connectivity index (χ2n) is 4.29. The van der Waals surface area contributed by atoms with E-state index < -0.39 is 5.97 Å². The van der Waals surface area contributed by atoms with Crippen molar-refractivity contribution in [3.05, 3.63) is 48.0 Å². The molecular weight excluding hydrogens is 274 g/mol. The number of hydrogen-bond donors (Lipinski definition) is 0. The lowest BCUT2D eigenvalue weighted by Crippen LogP contribution is -2.07. The zero-order valence-corrected chi connectivity index (χ0v) is 11.4. The Labute approximate surface area is 120 Å². The molecule has 1 aliphatic heterocycles. The molecule has 0 bridgehead atoms. The summed E-state index contributed by atoms with van der Waals surface area (Å²) in [6.07, 6.45) is 3.11. The fraction of sp³-hybridized carbons (Fsp3) is 0.214. The Morgan fingerprint density at radius 1 is 1.29 bits per heavy atom. The van der Waals surface area contributed by atoms with E-state index in [0.29, 0.717) is 19.0 Å². The van der Waals surface area contributed by atoms with Gasteiger partial charge in [-0.15, -0.1) is 5.10 Å². The first-order valence-electron chi connectivity index (χ1n) is 6.34. The average molecular weight is 287 g/mol. The molecule has 0 fully saturated rings. The molecule has 0 atom stereocenters. The van der Waals surface area contributed by atoms with Crippen LogP contribution in [0, 0.1) is 0 Å². The van der Waals surface area contributed by atoms with Crippen LogP contribution < -0.4 is 0 Å². The van der Waals surface area contributed by atoms with E-state index in [0.717, 1.165) is 11.3 Å². The molecule has 2 aromatic rings. The first-order chi connectivity index (χ1) is 10.3. The molecule has 0 aliphatic carbocycles. The Kier molecular flexibility index (Phi) is 3.55. The Morgan fingerprint density at radius 3 is 2.76 bits per heavy atom. The average Bonchev–Trinajstić information content (AvgIpc) is 3.05. The van der Waals surface area contributed by atoms with Gasteiger partial charge in [-0.3, -0.25) is 0 Å². The summed E-state index contributed by atoms with van der Waals surface area (Å²) in [4.78, 5) is 11.3. The van der Waals surface area contributed by atoms with Crippen molar-refractivity contribution in [3.63, 3.8) is 0 Å². The van der Waals surface area contributed by atoms with Crippen molar-refractivity contribution in [2.45, 2.75) is 0 Å². The van der Waals surface area contributed by atoms with Crippen LogP contribution in [0.2, 0.25) is 0 Å². The maximum absolute atomic E-state index is 11.3. The van der Waals surface area contributed by atoms with Crippen LogP contribution in [0.1, 0.15) is 16.1 Å². The second-order valence-corrected chi connectivity index (χ2v) is 4.29. The molecule has 1 aromatic carbocycles. The van der Waals surface area contributed by atoms with Gasteiger partial charge < -0.3 is 14.2 Å². The molecule has 0 amide bonds. The number of methoxy groups -OCH3 is 1. The number of aromatic nitrogens is 3. The summed E-state index contributed by atoms with van der Waals surface area (Å²) >= 11 is 0. The molecule has 7 nitrogen and oxygen atoms in total. The summed E-state index contributed by atoms with van der Waals surface area (Å²) in [5.41, 5.74) is 1.85.